The van der Waals surface area contributed by atoms with Crippen LogP contribution in [-0.2, 0) is 0 Å². The van der Waals surface area contributed by atoms with Gasteiger partial charge in [0.05, 0.1) is 0 Å². The molecule has 1 saturated heterocycles. The molecule has 1 fully saturated rings. The number of amides is 2. The second-order valence-electron chi connectivity index (χ2n) is 7.90. The van der Waals surface area contributed by atoms with E-state index in [9.17, 15) is 9.59 Å². The molecule has 2 aromatic rings. The van der Waals surface area contributed by atoms with Gasteiger partial charge in [0, 0.05) is 61.8 Å². The van der Waals surface area contributed by atoms with Crippen LogP contribution in [0.2, 0.25) is 0 Å². The summed E-state index contributed by atoms with van der Waals surface area (Å²) in [5, 5.41) is 5.79. The molecule has 2 aromatic carbocycles. The van der Waals surface area contributed by atoms with E-state index in [-0.39, 0.29) is 11.8 Å². The van der Waals surface area contributed by atoms with Crippen LogP contribution >= 0.6 is 12.2 Å². The Morgan fingerprint density at radius 2 is 1.55 bits per heavy atom. The summed E-state index contributed by atoms with van der Waals surface area (Å²) in [7, 11) is 0. The molecule has 0 spiro atoms. The fourth-order valence-electron chi connectivity index (χ4n) is 4.04. The molecule has 0 unspecified atom stereocenters. The molecule has 4 rings (SSSR count). The largest absolute Gasteiger partial charge is 0.360 e. The van der Waals surface area contributed by atoms with Gasteiger partial charge in [0.15, 0.2) is 5.11 Å². The lowest BCUT2D eigenvalue weighted by atomic mass is 9.94. The van der Waals surface area contributed by atoms with Crippen LogP contribution in [0.4, 0.5) is 0 Å². The number of thiocarbonyl (C=S) groups is 1. The highest BCUT2D eigenvalue weighted by Gasteiger charge is 2.32. The Morgan fingerprint density at radius 3 is 2.10 bits per heavy atom. The van der Waals surface area contributed by atoms with Gasteiger partial charge in [0.1, 0.15) is 0 Å². The van der Waals surface area contributed by atoms with Crippen LogP contribution in [0.1, 0.15) is 34.6 Å². The molecule has 0 atom stereocenters. The second-order valence-corrected chi connectivity index (χ2v) is 8.29. The van der Waals surface area contributed by atoms with Gasteiger partial charge >= 0.3 is 0 Å². The van der Waals surface area contributed by atoms with Crippen LogP contribution in [0.15, 0.2) is 36.4 Å². The van der Waals surface area contributed by atoms with E-state index in [1.54, 1.807) is 0 Å². The average molecular weight is 411 g/mol. The van der Waals surface area contributed by atoms with Crippen molar-refractivity contribution in [1.82, 2.24) is 20.0 Å². The van der Waals surface area contributed by atoms with Gasteiger partial charge in [-0.2, -0.15) is 0 Å². The van der Waals surface area contributed by atoms with E-state index in [4.69, 9.17) is 12.2 Å². The normalized spacial score (nSPS) is 17.3. The fraction of sp³-hybridized carbons (Fsp3) is 0.409. The Bertz CT molecular complexity index is 916. The highest BCUT2D eigenvalue weighted by atomic mass is 32.1. The van der Waals surface area contributed by atoms with Crippen LogP contribution in [0.3, 0.4) is 0 Å². The number of hydrogen-bond acceptors (Lipinski definition) is 4. The van der Waals surface area contributed by atoms with E-state index in [2.05, 4.69) is 29.0 Å². The van der Waals surface area contributed by atoms with Gasteiger partial charge in [-0.25, -0.2) is 0 Å². The molecule has 29 heavy (non-hydrogen) atoms. The summed E-state index contributed by atoms with van der Waals surface area (Å²) in [5.74, 6) is -0.388. The van der Waals surface area contributed by atoms with Crippen LogP contribution in [0.5, 0.6) is 0 Å². The Morgan fingerprint density at radius 1 is 0.966 bits per heavy atom. The van der Waals surface area contributed by atoms with Crippen molar-refractivity contribution in [1.29, 1.82) is 0 Å². The van der Waals surface area contributed by atoms with Crippen LogP contribution in [0, 0.1) is 0 Å². The van der Waals surface area contributed by atoms with Crippen molar-refractivity contribution in [2.24, 2.45) is 0 Å². The van der Waals surface area contributed by atoms with Gasteiger partial charge in [-0.1, -0.05) is 24.3 Å². The number of nitrogens with zero attached hydrogens (tertiary/aromatic N) is 3. The molecule has 2 aliphatic rings. The first kappa shape index (κ1) is 19.8. The predicted octanol–water partition coefficient (Wildman–Crippen LogP) is 2.34. The predicted molar refractivity (Wildman–Crippen MR) is 118 cm³/mol. The van der Waals surface area contributed by atoms with Crippen molar-refractivity contribution >= 4 is 39.9 Å². The monoisotopic (exact) mass is 410 g/mol. The Kier molecular flexibility index (Phi) is 5.52. The molecular weight excluding hydrogens is 384 g/mol. The van der Waals surface area contributed by atoms with Crippen LogP contribution in [0.25, 0.3) is 10.8 Å². The number of hydrogen-bond donors (Lipinski definition) is 1. The van der Waals surface area contributed by atoms with Crippen LogP contribution < -0.4 is 5.32 Å². The Hall–Kier alpha value is -2.51. The van der Waals surface area contributed by atoms with Crippen LogP contribution in [-0.4, -0.2) is 76.9 Å². The van der Waals surface area contributed by atoms with Gasteiger partial charge in [0.2, 0.25) is 0 Å². The minimum absolute atomic E-state index is 0.194. The third-order valence-electron chi connectivity index (χ3n) is 5.57. The van der Waals surface area contributed by atoms with E-state index in [1.807, 2.05) is 36.4 Å². The van der Waals surface area contributed by atoms with E-state index in [0.29, 0.717) is 30.3 Å². The number of imide groups is 1. The topological polar surface area (TPSA) is 55.9 Å². The quantitative estimate of drug-likeness (QED) is 0.617. The first-order valence-corrected chi connectivity index (χ1v) is 10.5. The molecule has 1 N–H and O–H groups in total. The molecule has 2 amide bonds. The summed E-state index contributed by atoms with van der Waals surface area (Å²) in [6, 6.07) is 11.6. The van der Waals surface area contributed by atoms with Gasteiger partial charge in [-0.3, -0.25) is 19.4 Å². The first-order valence-electron chi connectivity index (χ1n) is 10.1. The minimum atomic E-state index is -0.194. The number of benzene rings is 2. The molecule has 152 valence electrons. The molecular formula is C22H26N4O2S. The molecule has 0 saturated carbocycles. The maximum Gasteiger partial charge on any atom is 0.261 e. The zero-order chi connectivity index (χ0) is 20.5. The molecule has 0 bridgehead atoms. The summed E-state index contributed by atoms with van der Waals surface area (Å²) >= 11 is 5.45. The van der Waals surface area contributed by atoms with Gasteiger partial charge < -0.3 is 10.2 Å². The lowest BCUT2D eigenvalue weighted by Gasteiger charge is -2.37. The molecule has 0 radical (unpaired) electrons. The van der Waals surface area contributed by atoms with Crippen molar-refractivity contribution in [3.8, 4) is 0 Å². The molecule has 2 heterocycles. The van der Waals surface area contributed by atoms with Gasteiger partial charge in [-0.05, 0) is 43.6 Å². The van der Waals surface area contributed by atoms with Crippen molar-refractivity contribution in [3.05, 3.63) is 47.5 Å². The third-order valence-corrected chi connectivity index (χ3v) is 5.94. The minimum Gasteiger partial charge on any atom is -0.360 e. The van der Waals surface area contributed by atoms with Gasteiger partial charge in [0.25, 0.3) is 11.8 Å². The highest BCUT2D eigenvalue weighted by Crippen LogP contribution is 2.29. The lowest BCUT2D eigenvalue weighted by molar-refractivity contribution is 0.0583. The summed E-state index contributed by atoms with van der Waals surface area (Å²) in [6.07, 6.45) is 0. The van der Waals surface area contributed by atoms with E-state index in [1.165, 1.54) is 4.90 Å². The molecule has 2 aliphatic heterocycles. The van der Waals surface area contributed by atoms with Crippen molar-refractivity contribution < 1.29 is 9.59 Å². The Balaban J connectivity index is 1.40. The maximum atomic E-state index is 13.0. The summed E-state index contributed by atoms with van der Waals surface area (Å²) < 4.78 is 0. The zero-order valence-corrected chi connectivity index (χ0v) is 17.7. The SMILES string of the molecule is CC(C)NC(=S)N1CCN(CCN2C(=O)c3cccc4cccc(c34)C2=O)CC1. The molecule has 7 heteroatoms. The number of carbonyl (C=O) groups is 2. The smallest absolute Gasteiger partial charge is 0.261 e. The Labute approximate surface area is 176 Å². The fourth-order valence-corrected chi connectivity index (χ4v) is 4.46. The highest BCUT2D eigenvalue weighted by molar-refractivity contribution is 7.80. The lowest BCUT2D eigenvalue weighted by Crippen LogP contribution is -2.54. The third kappa shape index (κ3) is 3.84. The number of carbonyl (C=O) groups excluding carboxylic acids is 2. The van der Waals surface area contributed by atoms with E-state index < -0.39 is 0 Å². The van der Waals surface area contributed by atoms with E-state index >= 15 is 0 Å². The number of piperazine rings is 1. The zero-order valence-electron chi connectivity index (χ0n) is 16.9. The summed E-state index contributed by atoms with van der Waals surface area (Å²) in [5.41, 5.74) is 1.24. The second kappa shape index (κ2) is 8.08. The number of rotatable bonds is 4. The molecule has 0 aliphatic carbocycles. The average Bonchev–Trinajstić information content (AvgIpc) is 2.71. The van der Waals surface area contributed by atoms with Crippen molar-refractivity contribution in [3.63, 3.8) is 0 Å². The standard InChI is InChI=1S/C22H26N4O2S/c1-15(2)23-22(29)25-12-9-24(10-13-25)11-14-26-20(27)17-7-3-5-16-6-4-8-18(19(16)17)21(26)28/h3-8,15H,9-14H2,1-2H3,(H,23,29). The van der Waals surface area contributed by atoms with E-state index in [0.717, 1.165) is 42.1 Å². The first-order chi connectivity index (χ1) is 14.0. The molecule has 6 nitrogen and oxygen atoms in total. The summed E-state index contributed by atoms with van der Waals surface area (Å²) in [4.78, 5) is 31.8. The van der Waals surface area contributed by atoms with Gasteiger partial charge in [-0.15, -0.1) is 0 Å². The van der Waals surface area contributed by atoms with Crippen molar-refractivity contribution in [2.45, 2.75) is 19.9 Å². The number of nitrogens with one attached hydrogen (secondary N) is 1. The summed E-state index contributed by atoms with van der Waals surface area (Å²) in [6.45, 7) is 8.66. The maximum absolute atomic E-state index is 13.0. The van der Waals surface area contributed by atoms with Crippen molar-refractivity contribution in [2.75, 3.05) is 39.3 Å². The molecule has 0 aromatic heterocycles.